The van der Waals surface area contributed by atoms with Crippen molar-refractivity contribution in [2.24, 2.45) is 5.41 Å². The third kappa shape index (κ3) is 3.11. The number of thiazole rings is 1. The van der Waals surface area contributed by atoms with Crippen molar-refractivity contribution in [2.75, 3.05) is 5.32 Å². The minimum Gasteiger partial charge on any atom is -0.359 e. The molecule has 0 bridgehead atoms. The molecule has 0 radical (unpaired) electrons. The maximum absolute atomic E-state index is 4.68. The molecule has 1 aromatic heterocycles. The first kappa shape index (κ1) is 13.4. The predicted octanol–water partition coefficient (Wildman–Crippen LogP) is 5.44. The summed E-state index contributed by atoms with van der Waals surface area (Å²) in [4.78, 5) is 4.68. The summed E-state index contributed by atoms with van der Waals surface area (Å²) in [6, 6.07) is 6.89. The topological polar surface area (TPSA) is 24.9 Å². The Morgan fingerprint density at radius 3 is 2.79 bits per heavy atom. The van der Waals surface area contributed by atoms with Gasteiger partial charge in [-0.1, -0.05) is 41.1 Å². The van der Waals surface area contributed by atoms with Crippen LogP contribution in [0.15, 0.2) is 22.7 Å². The molecule has 2 aromatic rings. The number of hydrogen-bond acceptors (Lipinski definition) is 3. The molecule has 1 aliphatic carbocycles. The van der Waals surface area contributed by atoms with Gasteiger partial charge < -0.3 is 5.32 Å². The van der Waals surface area contributed by atoms with E-state index in [-0.39, 0.29) is 0 Å². The van der Waals surface area contributed by atoms with Gasteiger partial charge in [-0.25, -0.2) is 4.98 Å². The molecule has 1 saturated carbocycles. The molecule has 3 rings (SSSR count). The van der Waals surface area contributed by atoms with Crippen LogP contribution in [0.25, 0.3) is 10.2 Å². The molecule has 1 aliphatic rings. The molecule has 1 fully saturated rings. The Bertz CT molecular complexity index is 581. The number of anilines is 1. The summed E-state index contributed by atoms with van der Waals surface area (Å²) in [6.45, 7) is 4.75. The molecule has 0 unspecified atom stereocenters. The number of nitrogens with one attached hydrogen (secondary N) is 1. The van der Waals surface area contributed by atoms with Crippen molar-refractivity contribution in [1.29, 1.82) is 0 Å². The van der Waals surface area contributed by atoms with Crippen LogP contribution >= 0.6 is 27.3 Å². The van der Waals surface area contributed by atoms with E-state index in [1.807, 2.05) is 0 Å². The molecule has 0 amide bonds. The summed E-state index contributed by atoms with van der Waals surface area (Å²) in [5.41, 5.74) is 1.61. The van der Waals surface area contributed by atoms with Crippen LogP contribution in [0.3, 0.4) is 0 Å². The molecular weight excluding hydrogens is 320 g/mol. The van der Waals surface area contributed by atoms with Crippen molar-refractivity contribution in [2.45, 2.75) is 45.6 Å². The molecule has 0 aliphatic heterocycles. The predicted molar refractivity (Wildman–Crippen MR) is 87.0 cm³/mol. The fraction of sp³-hybridized carbons (Fsp3) is 0.533. The lowest BCUT2D eigenvalue weighted by atomic mass is 9.76. The molecule has 4 heteroatoms. The minimum absolute atomic E-state index is 0.524. The zero-order valence-electron chi connectivity index (χ0n) is 11.4. The van der Waals surface area contributed by atoms with Gasteiger partial charge in [0.1, 0.15) is 0 Å². The summed E-state index contributed by atoms with van der Waals surface area (Å²) >= 11 is 5.25. The summed E-state index contributed by atoms with van der Waals surface area (Å²) in [5, 5.41) is 4.69. The molecule has 2 nitrogen and oxygen atoms in total. The van der Waals surface area contributed by atoms with Crippen molar-refractivity contribution < 1.29 is 0 Å². The fourth-order valence-corrected chi connectivity index (χ4v) is 3.95. The van der Waals surface area contributed by atoms with Crippen LogP contribution in [0.4, 0.5) is 5.13 Å². The van der Waals surface area contributed by atoms with Gasteiger partial charge in [-0.05, 0) is 49.3 Å². The molecular formula is C15H19BrN2S. The largest absolute Gasteiger partial charge is 0.359 e. The maximum Gasteiger partial charge on any atom is 0.184 e. The summed E-state index contributed by atoms with van der Waals surface area (Å²) in [6.07, 6.45) is 5.13. The fourth-order valence-electron chi connectivity index (χ4n) is 2.68. The van der Waals surface area contributed by atoms with E-state index < -0.39 is 0 Å². The van der Waals surface area contributed by atoms with Gasteiger partial charge in [0.25, 0.3) is 0 Å². The van der Waals surface area contributed by atoms with Crippen LogP contribution in [0.5, 0.6) is 0 Å². The SMILES string of the molecule is CC1(C)CCC(Nc2nc3cc(Br)ccc3s2)CC1. The number of hydrogen-bond donors (Lipinski definition) is 1. The Hall–Kier alpha value is -0.610. The van der Waals surface area contributed by atoms with E-state index in [1.54, 1.807) is 11.3 Å². The molecule has 0 spiro atoms. The Morgan fingerprint density at radius 2 is 2.05 bits per heavy atom. The number of rotatable bonds is 2. The van der Waals surface area contributed by atoms with E-state index in [9.17, 15) is 0 Å². The van der Waals surface area contributed by atoms with Crippen LogP contribution in [-0.4, -0.2) is 11.0 Å². The molecule has 0 atom stereocenters. The Labute approximate surface area is 126 Å². The van der Waals surface area contributed by atoms with Gasteiger partial charge in [0.2, 0.25) is 0 Å². The molecule has 1 heterocycles. The van der Waals surface area contributed by atoms with E-state index in [1.165, 1.54) is 30.4 Å². The van der Waals surface area contributed by atoms with Crippen molar-refractivity contribution in [1.82, 2.24) is 4.98 Å². The van der Waals surface area contributed by atoms with Crippen LogP contribution < -0.4 is 5.32 Å². The first-order valence-corrected chi connectivity index (χ1v) is 8.45. The second-order valence-electron chi connectivity index (χ2n) is 6.21. The normalized spacial score (nSPS) is 19.7. The van der Waals surface area contributed by atoms with E-state index in [0.717, 1.165) is 15.1 Å². The van der Waals surface area contributed by atoms with Crippen LogP contribution in [-0.2, 0) is 0 Å². The first-order chi connectivity index (χ1) is 9.02. The van der Waals surface area contributed by atoms with E-state index in [2.05, 4.69) is 58.3 Å². The Kier molecular flexibility index (Phi) is 3.56. The number of benzene rings is 1. The molecule has 0 saturated heterocycles. The lowest BCUT2D eigenvalue weighted by Crippen LogP contribution is -2.29. The number of halogens is 1. The first-order valence-electron chi connectivity index (χ1n) is 6.84. The molecule has 102 valence electrons. The third-order valence-corrected chi connectivity index (χ3v) is 5.48. The summed E-state index contributed by atoms with van der Waals surface area (Å²) in [7, 11) is 0. The molecule has 19 heavy (non-hydrogen) atoms. The highest BCUT2D eigenvalue weighted by Gasteiger charge is 2.27. The smallest absolute Gasteiger partial charge is 0.184 e. The van der Waals surface area contributed by atoms with Crippen LogP contribution in [0, 0.1) is 5.41 Å². The average molecular weight is 339 g/mol. The zero-order valence-corrected chi connectivity index (χ0v) is 13.8. The highest BCUT2D eigenvalue weighted by Crippen LogP contribution is 2.37. The number of nitrogens with zero attached hydrogens (tertiary/aromatic N) is 1. The monoisotopic (exact) mass is 338 g/mol. The van der Waals surface area contributed by atoms with Gasteiger partial charge in [-0.15, -0.1) is 0 Å². The quantitative estimate of drug-likeness (QED) is 0.788. The maximum atomic E-state index is 4.68. The van der Waals surface area contributed by atoms with E-state index in [0.29, 0.717) is 11.5 Å². The molecule has 1 N–H and O–H groups in total. The Balaban J connectivity index is 1.72. The highest BCUT2D eigenvalue weighted by molar-refractivity contribution is 9.10. The summed E-state index contributed by atoms with van der Waals surface area (Å²) in [5.74, 6) is 0. The standard InChI is InChI=1S/C15H19BrN2S/c1-15(2)7-5-11(6-8-15)17-14-18-12-9-10(16)3-4-13(12)19-14/h3-4,9,11H,5-8H2,1-2H3,(H,17,18). The van der Waals surface area contributed by atoms with E-state index >= 15 is 0 Å². The van der Waals surface area contributed by atoms with Crippen molar-refractivity contribution in [3.05, 3.63) is 22.7 Å². The number of aromatic nitrogens is 1. The highest BCUT2D eigenvalue weighted by atomic mass is 79.9. The van der Waals surface area contributed by atoms with Crippen molar-refractivity contribution in [3.63, 3.8) is 0 Å². The van der Waals surface area contributed by atoms with Crippen LogP contribution in [0.2, 0.25) is 0 Å². The van der Waals surface area contributed by atoms with Crippen LogP contribution in [0.1, 0.15) is 39.5 Å². The minimum atomic E-state index is 0.524. The van der Waals surface area contributed by atoms with Gasteiger partial charge >= 0.3 is 0 Å². The molecule has 1 aromatic carbocycles. The van der Waals surface area contributed by atoms with Crippen molar-refractivity contribution in [3.8, 4) is 0 Å². The van der Waals surface area contributed by atoms with Gasteiger partial charge in [0, 0.05) is 10.5 Å². The lowest BCUT2D eigenvalue weighted by molar-refractivity contribution is 0.232. The average Bonchev–Trinajstić information content (AvgIpc) is 2.73. The van der Waals surface area contributed by atoms with E-state index in [4.69, 9.17) is 0 Å². The third-order valence-electron chi connectivity index (χ3n) is 4.02. The second-order valence-corrected chi connectivity index (χ2v) is 8.16. The second kappa shape index (κ2) is 5.06. The van der Waals surface area contributed by atoms with Crippen molar-refractivity contribution >= 4 is 42.6 Å². The number of fused-ring (bicyclic) bond motifs is 1. The zero-order chi connectivity index (χ0) is 13.5. The van der Waals surface area contributed by atoms with Gasteiger partial charge in [-0.3, -0.25) is 0 Å². The summed E-state index contributed by atoms with van der Waals surface area (Å²) < 4.78 is 2.35. The Morgan fingerprint density at radius 1 is 1.32 bits per heavy atom. The van der Waals surface area contributed by atoms with Gasteiger partial charge in [0.05, 0.1) is 10.2 Å². The van der Waals surface area contributed by atoms with Gasteiger partial charge in [0.15, 0.2) is 5.13 Å². The van der Waals surface area contributed by atoms with Gasteiger partial charge in [-0.2, -0.15) is 0 Å². The lowest BCUT2D eigenvalue weighted by Gasteiger charge is -2.34.